The van der Waals surface area contributed by atoms with Crippen LogP contribution in [0.1, 0.15) is 44.6 Å². The number of para-hydroxylation sites is 1. The fraction of sp³-hybridized carbons (Fsp3) is 0.611. The van der Waals surface area contributed by atoms with Gasteiger partial charge in [0.25, 0.3) is 0 Å². The zero-order valence-electron chi connectivity index (χ0n) is 13.9. The van der Waals surface area contributed by atoms with E-state index in [2.05, 4.69) is 17.6 Å². The number of urea groups is 1. The molecule has 5 nitrogen and oxygen atoms in total. The lowest BCUT2D eigenvalue weighted by molar-refractivity contribution is 0.199. The molecule has 1 aromatic carbocycles. The summed E-state index contributed by atoms with van der Waals surface area (Å²) < 4.78 is 5.48. The molecule has 23 heavy (non-hydrogen) atoms. The molecule has 1 saturated carbocycles. The zero-order valence-corrected chi connectivity index (χ0v) is 13.9. The molecule has 1 aromatic rings. The third-order valence-electron chi connectivity index (χ3n) is 4.51. The topological polar surface area (TPSA) is 70.6 Å². The number of hydrogen-bond acceptors (Lipinski definition) is 3. The highest BCUT2D eigenvalue weighted by Gasteiger charge is 2.24. The normalized spacial score (nSPS) is 20.8. The first-order chi connectivity index (χ1) is 11.2. The molecule has 3 N–H and O–H groups in total. The van der Waals surface area contributed by atoms with Gasteiger partial charge in [-0.1, -0.05) is 44.4 Å². The minimum Gasteiger partial charge on any atom is -0.491 e. The van der Waals surface area contributed by atoms with Crippen molar-refractivity contribution in [2.24, 2.45) is 5.92 Å². The van der Waals surface area contributed by atoms with E-state index < -0.39 is 0 Å². The number of carbonyl (C=O) groups is 1. The first kappa shape index (κ1) is 17.6. The highest BCUT2D eigenvalue weighted by molar-refractivity contribution is 5.74. The van der Waals surface area contributed by atoms with E-state index in [-0.39, 0.29) is 25.3 Å². The number of amides is 2. The highest BCUT2D eigenvalue weighted by atomic mass is 16.5. The van der Waals surface area contributed by atoms with Gasteiger partial charge in [0.1, 0.15) is 12.4 Å². The lowest BCUT2D eigenvalue weighted by Gasteiger charge is -2.31. The lowest BCUT2D eigenvalue weighted by Crippen LogP contribution is -2.46. The third kappa shape index (κ3) is 5.43. The summed E-state index contributed by atoms with van der Waals surface area (Å²) in [7, 11) is 0. The van der Waals surface area contributed by atoms with Gasteiger partial charge in [0, 0.05) is 18.2 Å². The molecule has 0 saturated heterocycles. The molecule has 128 valence electrons. The summed E-state index contributed by atoms with van der Waals surface area (Å²) in [6.45, 7) is 2.83. The Morgan fingerprint density at radius 1 is 1.30 bits per heavy atom. The fourth-order valence-corrected chi connectivity index (χ4v) is 3.23. The molecular formula is C18H28N2O3. The van der Waals surface area contributed by atoms with Gasteiger partial charge in [-0.15, -0.1) is 0 Å². The van der Waals surface area contributed by atoms with Crippen LogP contribution in [-0.2, 0) is 6.54 Å². The van der Waals surface area contributed by atoms with E-state index >= 15 is 0 Å². The first-order valence-corrected chi connectivity index (χ1v) is 8.60. The molecule has 1 aliphatic carbocycles. The van der Waals surface area contributed by atoms with Crippen molar-refractivity contribution in [3.8, 4) is 5.75 Å². The van der Waals surface area contributed by atoms with Crippen LogP contribution in [0.2, 0.25) is 0 Å². The van der Waals surface area contributed by atoms with Crippen molar-refractivity contribution in [2.75, 3.05) is 13.2 Å². The molecule has 2 atom stereocenters. The van der Waals surface area contributed by atoms with Crippen LogP contribution in [0.15, 0.2) is 24.3 Å². The second-order valence-corrected chi connectivity index (χ2v) is 6.07. The summed E-state index contributed by atoms with van der Waals surface area (Å²) in [6, 6.07) is 7.72. The molecule has 2 unspecified atom stereocenters. The van der Waals surface area contributed by atoms with Crippen molar-refractivity contribution in [2.45, 2.75) is 51.6 Å². The van der Waals surface area contributed by atoms with Crippen LogP contribution < -0.4 is 15.4 Å². The van der Waals surface area contributed by atoms with E-state index in [0.29, 0.717) is 18.2 Å². The summed E-state index contributed by atoms with van der Waals surface area (Å²) in [4.78, 5) is 12.2. The van der Waals surface area contributed by atoms with E-state index in [1.54, 1.807) is 0 Å². The third-order valence-corrected chi connectivity index (χ3v) is 4.51. The molecule has 2 amide bonds. The van der Waals surface area contributed by atoms with Gasteiger partial charge in [-0.05, 0) is 24.8 Å². The van der Waals surface area contributed by atoms with E-state index in [1.165, 1.54) is 19.3 Å². The smallest absolute Gasteiger partial charge is 0.315 e. The Bertz CT molecular complexity index is 493. The molecule has 0 bridgehead atoms. The molecule has 0 spiro atoms. The molecule has 0 aromatic heterocycles. The molecule has 5 heteroatoms. The SMILES string of the molecule is CCC1CCCCC1NC(=O)NCc1ccccc1OCCO. The maximum Gasteiger partial charge on any atom is 0.315 e. The number of nitrogens with one attached hydrogen (secondary N) is 2. The average Bonchev–Trinajstić information content (AvgIpc) is 2.59. The summed E-state index contributed by atoms with van der Waals surface area (Å²) in [5, 5.41) is 14.9. The minimum absolute atomic E-state index is 0.0255. The van der Waals surface area contributed by atoms with Crippen molar-refractivity contribution in [3.05, 3.63) is 29.8 Å². The van der Waals surface area contributed by atoms with Crippen molar-refractivity contribution in [3.63, 3.8) is 0 Å². The number of aliphatic hydroxyl groups is 1. The monoisotopic (exact) mass is 320 g/mol. The van der Waals surface area contributed by atoms with Crippen LogP contribution in [0.25, 0.3) is 0 Å². The predicted molar refractivity (Wildman–Crippen MR) is 90.4 cm³/mol. The first-order valence-electron chi connectivity index (χ1n) is 8.60. The maximum atomic E-state index is 12.2. The van der Waals surface area contributed by atoms with Crippen molar-refractivity contribution < 1.29 is 14.6 Å². The van der Waals surface area contributed by atoms with Crippen LogP contribution in [-0.4, -0.2) is 30.4 Å². The van der Waals surface area contributed by atoms with Gasteiger partial charge in [-0.3, -0.25) is 0 Å². The van der Waals surface area contributed by atoms with Crippen LogP contribution >= 0.6 is 0 Å². The maximum absolute atomic E-state index is 12.2. The second-order valence-electron chi connectivity index (χ2n) is 6.07. The Morgan fingerprint density at radius 2 is 2.09 bits per heavy atom. The number of rotatable bonds is 7. The lowest BCUT2D eigenvalue weighted by atomic mass is 9.83. The Morgan fingerprint density at radius 3 is 2.87 bits per heavy atom. The van der Waals surface area contributed by atoms with Crippen molar-refractivity contribution >= 4 is 6.03 Å². The number of benzene rings is 1. The fourth-order valence-electron chi connectivity index (χ4n) is 3.23. The van der Waals surface area contributed by atoms with E-state index in [0.717, 1.165) is 18.4 Å². The number of aliphatic hydroxyl groups excluding tert-OH is 1. The Balaban J connectivity index is 1.84. The highest BCUT2D eigenvalue weighted by Crippen LogP contribution is 2.26. The van der Waals surface area contributed by atoms with Gasteiger partial charge in [0.2, 0.25) is 0 Å². The largest absolute Gasteiger partial charge is 0.491 e. The molecule has 1 fully saturated rings. The summed E-state index contributed by atoms with van der Waals surface area (Å²) in [5.41, 5.74) is 0.909. The van der Waals surface area contributed by atoms with Crippen LogP contribution in [0.3, 0.4) is 0 Å². The number of hydrogen-bond donors (Lipinski definition) is 3. The Labute approximate surface area is 138 Å². The number of carbonyl (C=O) groups excluding carboxylic acids is 1. The van der Waals surface area contributed by atoms with Gasteiger partial charge >= 0.3 is 6.03 Å². The van der Waals surface area contributed by atoms with E-state index in [1.807, 2.05) is 24.3 Å². The van der Waals surface area contributed by atoms with Gasteiger partial charge < -0.3 is 20.5 Å². The van der Waals surface area contributed by atoms with Crippen LogP contribution in [0.4, 0.5) is 4.79 Å². The van der Waals surface area contributed by atoms with Gasteiger partial charge in [0.05, 0.1) is 6.61 Å². The van der Waals surface area contributed by atoms with Gasteiger partial charge in [0.15, 0.2) is 0 Å². The second kappa shape index (κ2) is 9.40. The van der Waals surface area contributed by atoms with Gasteiger partial charge in [-0.2, -0.15) is 0 Å². The van der Waals surface area contributed by atoms with Crippen LogP contribution in [0.5, 0.6) is 5.75 Å². The number of ether oxygens (including phenoxy) is 1. The molecule has 0 radical (unpaired) electrons. The zero-order chi connectivity index (χ0) is 16.5. The minimum atomic E-state index is -0.118. The predicted octanol–water partition coefficient (Wildman–Crippen LogP) is 2.83. The quantitative estimate of drug-likeness (QED) is 0.723. The molecule has 2 rings (SSSR count). The van der Waals surface area contributed by atoms with Crippen molar-refractivity contribution in [1.82, 2.24) is 10.6 Å². The molecular weight excluding hydrogens is 292 g/mol. The van der Waals surface area contributed by atoms with E-state index in [4.69, 9.17) is 9.84 Å². The van der Waals surface area contributed by atoms with Crippen molar-refractivity contribution in [1.29, 1.82) is 0 Å². The molecule has 1 aliphatic rings. The van der Waals surface area contributed by atoms with Gasteiger partial charge in [-0.25, -0.2) is 4.79 Å². The summed E-state index contributed by atoms with van der Waals surface area (Å²) >= 11 is 0. The Hall–Kier alpha value is -1.75. The average molecular weight is 320 g/mol. The summed E-state index contributed by atoms with van der Waals surface area (Å²) in [5.74, 6) is 1.29. The van der Waals surface area contributed by atoms with E-state index in [9.17, 15) is 4.79 Å². The van der Waals surface area contributed by atoms with Crippen LogP contribution in [0, 0.1) is 5.92 Å². The summed E-state index contributed by atoms with van der Waals surface area (Å²) in [6.07, 6.45) is 5.86. The standard InChI is InChI=1S/C18H28N2O3/c1-2-14-7-3-5-9-16(14)20-18(22)19-13-15-8-4-6-10-17(15)23-12-11-21/h4,6,8,10,14,16,21H,2-3,5,7,9,11-13H2,1H3,(H2,19,20,22). The Kier molecular flexibility index (Phi) is 7.20. The molecule has 0 heterocycles. The molecule has 0 aliphatic heterocycles.